The lowest BCUT2D eigenvalue weighted by molar-refractivity contribution is -0.155. The largest absolute Gasteiger partial charge is 0.452 e. The van der Waals surface area contributed by atoms with Crippen molar-refractivity contribution < 1.29 is 26.1 Å². The van der Waals surface area contributed by atoms with Gasteiger partial charge < -0.3 is 4.52 Å². The molecule has 4 rings (SSSR count). The molecule has 0 aliphatic heterocycles. The minimum absolute atomic E-state index is 0.0211. The molecule has 0 unspecified atom stereocenters. The van der Waals surface area contributed by atoms with E-state index in [2.05, 4.69) is 14.4 Å². The number of nitrogens with one attached hydrogen (secondary N) is 1. The average Bonchev–Trinajstić information content (AvgIpc) is 3.05. The molecule has 10 heteroatoms. The second-order valence-corrected chi connectivity index (χ2v) is 9.20. The van der Waals surface area contributed by atoms with E-state index in [9.17, 15) is 21.6 Å². The Morgan fingerprint density at radius 3 is 2.56 bits per heavy atom. The van der Waals surface area contributed by atoms with Gasteiger partial charge in [0.1, 0.15) is 9.90 Å². The summed E-state index contributed by atoms with van der Waals surface area (Å²) < 4.78 is 69.8. The summed E-state index contributed by atoms with van der Waals surface area (Å²) in [5.74, 6) is -1.09. The summed E-state index contributed by atoms with van der Waals surface area (Å²) >= 11 is 0.843. The lowest BCUT2D eigenvalue weighted by atomic mass is 10.1. The van der Waals surface area contributed by atoms with Crippen molar-refractivity contribution in [3.8, 4) is 10.6 Å². The summed E-state index contributed by atoms with van der Waals surface area (Å²) in [5.41, 5.74) is 1.02. The average molecular weight is 414 g/mol. The fourth-order valence-corrected chi connectivity index (χ4v) is 5.34. The fraction of sp³-hybridized carbons (Fsp3) is 0.235. The van der Waals surface area contributed by atoms with Gasteiger partial charge in [0.25, 0.3) is 0 Å². The number of alkyl halides is 3. The zero-order chi connectivity index (χ0) is 19.2. The molecule has 1 fully saturated rings. The molecule has 2 heterocycles. The maximum atomic E-state index is 12.6. The van der Waals surface area contributed by atoms with Crippen LogP contribution in [0.2, 0.25) is 0 Å². The minimum Gasteiger partial charge on any atom is -0.351 e. The van der Waals surface area contributed by atoms with Gasteiger partial charge in [-0.1, -0.05) is 35.5 Å². The molecule has 1 aliphatic carbocycles. The Balaban J connectivity index is 1.49. The summed E-state index contributed by atoms with van der Waals surface area (Å²) in [4.78, 5) is 0.282. The standard InChI is InChI=1S/C17H13F3N2O3S2/c18-17(19,20)15-9-13(21-25-15)14-6-7-16(26-14)27(23,24)22-12-8-11(12)10-4-2-1-3-5-10/h1-7,9,11-12,22H,8H2/t11-,12+/m1/s1. The highest BCUT2D eigenvalue weighted by atomic mass is 32.2. The highest BCUT2D eigenvalue weighted by Crippen LogP contribution is 2.42. The number of nitrogens with zero attached hydrogens (tertiary/aromatic N) is 1. The van der Waals surface area contributed by atoms with Crippen molar-refractivity contribution in [3.63, 3.8) is 0 Å². The molecule has 0 amide bonds. The van der Waals surface area contributed by atoms with Crippen LogP contribution in [0.5, 0.6) is 0 Å². The van der Waals surface area contributed by atoms with E-state index in [1.807, 2.05) is 30.3 Å². The van der Waals surface area contributed by atoms with Crippen LogP contribution >= 0.6 is 11.3 Å². The Morgan fingerprint density at radius 2 is 1.89 bits per heavy atom. The molecule has 0 bridgehead atoms. The third kappa shape index (κ3) is 3.78. The molecular formula is C17H13F3N2O3S2. The predicted octanol–water partition coefficient (Wildman–Crippen LogP) is 4.26. The van der Waals surface area contributed by atoms with E-state index in [-0.39, 0.29) is 26.7 Å². The Kier molecular flexibility index (Phi) is 4.36. The van der Waals surface area contributed by atoms with Crippen molar-refractivity contribution in [2.75, 3.05) is 0 Å². The summed E-state index contributed by atoms with van der Waals surface area (Å²) in [7, 11) is -3.76. The van der Waals surface area contributed by atoms with Gasteiger partial charge in [-0.15, -0.1) is 11.3 Å². The van der Waals surface area contributed by atoms with Crippen LogP contribution in [0.25, 0.3) is 10.6 Å². The molecule has 1 N–H and O–H groups in total. The molecule has 142 valence electrons. The van der Waals surface area contributed by atoms with Crippen LogP contribution < -0.4 is 4.72 Å². The maximum Gasteiger partial charge on any atom is 0.452 e. The van der Waals surface area contributed by atoms with Crippen molar-refractivity contribution in [1.82, 2.24) is 9.88 Å². The summed E-state index contributed by atoms with van der Waals surface area (Å²) in [5, 5.41) is 3.37. The summed E-state index contributed by atoms with van der Waals surface area (Å²) in [6.07, 6.45) is -3.93. The van der Waals surface area contributed by atoms with Gasteiger partial charge in [-0.25, -0.2) is 13.1 Å². The van der Waals surface area contributed by atoms with E-state index >= 15 is 0 Å². The molecule has 2 aromatic heterocycles. The monoisotopic (exact) mass is 414 g/mol. The molecule has 3 aromatic rings. The van der Waals surface area contributed by atoms with Crippen LogP contribution in [0.3, 0.4) is 0 Å². The zero-order valence-electron chi connectivity index (χ0n) is 13.6. The Bertz CT molecular complexity index is 1060. The molecule has 2 atom stereocenters. The molecule has 0 radical (unpaired) electrons. The van der Waals surface area contributed by atoms with Gasteiger partial charge in [0.05, 0.1) is 4.88 Å². The van der Waals surface area contributed by atoms with Gasteiger partial charge in [-0.2, -0.15) is 13.2 Å². The molecular weight excluding hydrogens is 401 g/mol. The number of thiophene rings is 1. The first kappa shape index (κ1) is 18.2. The Morgan fingerprint density at radius 1 is 1.15 bits per heavy atom. The van der Waals surface area contributed by atoms with E-state index in [1.165, 1.54) is 12.1 Å². The first-order valence-corrected chi connectivity index (χ1v) is 10.3. The van der Waals surface area contributed by atoms with Crippen molar-refractivity contribution in [2.24, 2.45) is 0 Å². The van der Waals surface area contributed by atoms with Crippen LogP contribution in [-0.2, 0) is 16.2 Å². The van der Waals surface area contributed by atoms with E-state index in [4.69, 9.17) is 0 Å². The SMILES string of the molecule is O=S(=O)(N[C@H]1C[C@@H]1c1ccccc1)c1ccc(-c2cc(C(F)(F)F)on2)s1. The lowest BCUT2D eigenvalue weighted by Gasteiger charge is -2.04. The molecule has 5 nitrogen and oxygen atoms in total. The van der Waals surface area contributed by atoms with Crippen LogP contribution in [0.15, 0.2) is 57.3 Å². The first-order chi connectivity index (χ1) is 12.7. The minimum atomic E-state index is -4.64. The fourth-order valence-electron chi connectivity index (χ4n) is 2.78. The third-order valence-corrected chi connectivity index (χ3v) is 7.30. The summed E-state index contributed by atoms with van der Waals surface area (Å²) in [6, 6.07) is 12.9. The topological polar surface area (TPSA) is 72.2 Å². The van der Waals surface area contributed by atoms with Gasteiger partial charge in [-0.3, -0.25) is 0 Å². The molecule has 1 saturated carbocycles. The molecule has 1 aliphatic rings. The molecule has 1 aromatic carbocycles. The van der Waals surface area contributed by atoms with E-state index in [0.29, 0.717) is 6.42 Å². The van der Waals surface area contributed by atoms with Gasteiger partial charge in [0.2, 0.25) is 15.8 Å². The van der Waals surface area contributed by atoms with Crippen LogP contribution in [0, 0.1) is 0 Å². The van der Waals surface area contributed by atoms with Crippen molar-refractivity contribution >= 4 is 21.4 Å². The predicted molar refractivity (Wildman–Crippen MR) is 92.7 cm³/mol. The zero-order valence-corrected chi connectivity index (χ0v) is 15.2. The van der Waals surface area contributed by atoms with E-state index < -0.39 is 22.0 Å². The second-order valence-electron chi connectivity index (χ2n) is 6.17. The number of hydrogen-bond donors (Lipinski definition) is 1. The van der Waals surface area contributed by atoms with Crippen LogP contribution in [-0.4, -0.2) is 19.6 Å². The first-order valence-electron chi connectivity index (χ1n) is 7.95. The number of sulfonamides is 1. The van der Waals surface area contributed by atoms with E-state index in [0.717, 1.165) is 23.0 Å². The number of hydrogen-bond acceptors (Lipinski definition) is 5. The highest BCUT2D eigenvalue weighted by molar-refractivity contribution is 7.91. The number of halogens is 3. The molecule has 27 heavy (non-hydrogen) atoms. The van der Waals surface area contributed by atoms with Crippen molar-refractivity contribution in [1.29, 1.82) is 0 Å². The lowest BCUT2D eigenvalue weighted by Crippen LogP contribution is -2.26. The number of aromatic nitrogens is 1. The quantitative estimate of drug-likeness (QED) is 0.677. The van der Waals surface area contributed by atoms with Gasteiger partial charge in [0, 0.05) is 18.0 Å². The molecule has 0 spiro atoms. The Hall–Kier alpha value is -2.17. The van der Waals surface area contributed by atoms with Crippen LogP contribution in [0.4, 0.5) is 13.2 Å². The van der Waals surface area contributed by atoms with Crippen LogP contribution in [0.1, 0.15) is 23.7 Å². The second kappa shape index (κ2) is 6.47. The maximum absolute atomic E-state index is 12.6. The van der Waals surface area contributed by atoms with Crippen molar-refractivity contribution in [3.05, 3.63) is 59.9 Å². The normalized spacial score (nSPS) is 20.0. The smallest absolute Gasteiger partial charge is 0.351 e. The Labute approximate surface area is 156 Å². The summed E-state index contributed by atoms with van der Waals surface area (Å²) in [6.45, 7) is 0. The highest BCUT2D eigenvalue weighted by Gasteiger charge is 2.41. The third-order valence-electron chi connectivity index (χ3n) is 4.21. The van der Waals surface area contributed by atoms with Crippen molar-refractivity contribution in [2.45, 2.75) is 28.8 Å². The number of rotatable bonds is 5. The molecule has 0 saturated heterocycles. The van der Waals surface area contributed by atoms with Gasteiger partial charge in [-0.05, 0) is 24.1 Å². The number of benzene rings is 1. The van der Waals surface area contributed by atoms with Gasteiger partial charge >= 0.3 is 6.18 Å². The van der Waals surface area contributed by atoms with E-state index in [1.54, 1.807) is 0 Å². The van der Waals surface area contributed by atoms with Gasteiger partial charge in [0.15, 0.2) is 0 Å².